The Morgan fingerprint density at radius 2 is 1.92 bits per heavy atom. The molecule has 0 aliphatic carbocycles. The van der Waals surface area contributed by atoms with Crippen LogP contribution in [0.25, 0.3) is 0 Å². The normalized spacial score (nSPS) is 19.6. The summed E-state index contributed by atoms with van der Waals surface area (Å²) < 4.78 is 11.1. The molecule has 3 rings (SSSR count). The molecule has 1 amide bonds. The molecule has 1 unspecified atom stereocenters. The molecule has 0 bridgehead atoms. The third kappa shape index (κ3) is 4.68. The number of benzene rings is 1. The number of halogens is 2. The number of anilines is 1. The summed E-state index contributed by atoms with van der Waals surface area (Å²) in [6, 6.07) is 2.66. The lowest BCUT2D eigenvalue weighted by Crippen LogP contribution is -2.40. The van der Waals surface area contributed by atoms with Crippen LogP contribution in [0, 0.1) is 0 Å². The first-order valence-electron chi connectivity index (χ1n) is 7.90. The van der Waals surface area contributed by atoms with E-state index < -0.39 is 12.0 Å². The molecule has 9 heteroatoms. The van der Waals surface area contributed by atoms with E-state index in [1.165, 1.54) is 0 Å². The van der Waals surface area contributed by atoms with Crippen LogP contribution in [0.5, 0.6) is 11.5 Å². The van der Waals surface area contributed by atoms with Gasteiger partial charge in [-0.3, -0.25) is 14.5 Å². The Kier molecular flexibility index (Phi) is 6.75. The van der Waals surface area contributed by atoms with E-state index in [9.17, 15) is 9.59 Å². The minimum atomic E-state index is -0.895. The Hall–Kier alpha value is -1.70. The van der Waals surface area contributed by atoms with E-state index in [-0.39, 0.29) is 24.9 Å². The average Bonchev–Trinajstić information content (AvgIpc) is 2.87. The number of nitrogens with zero attached hydrogens (tertiary/aromatic N) is 1. The van der Waals surface area contributed by atoms with E-state index in [0.717, 1.165) is 12.8 Å². The summed E-state index contributed by atoms with van der Waals surface area (Å²) in [5.74, 6) is -0.105. The van der Waals surface area contributed by atoms with Crippen LogP contribution in [0.15, 0.2) is 12.1 Å². The zero-order valence-electron chi connectivity index (χ0n) is 13.5. The minimum absolute atomic E-state index is 0. The van der Waals surface area contributed by atoms with Crippen molar-refractivity contribution < 1.29 is 24.2 Å². The topological polar surface area (TPSA) is 88.1 Å². The summed E-state index contributed by atoms with van der Waals surface area (Å²) in [4.78, 5) is 25.1. The van der Waals surface area contributed by atoms with Crippen LogP contribution in [0.4, 0.5) is 5.69 Å². The standard InChI is InChI=1S/C16H19ClN2O5.ClH/c17-10-7-13-14(24-6-2-5-23-13)8-11(10)18-15(20)9-19-4-1-3-12(19)16(21)22;/h7-8,12H,1-6,9H2,(H,18,20)(H,21,22);1H. The maximum atomic E-state index is 12.2. The number of hydrogen-bond donors (Lipinski definition) is 2. The molecule has 0 saturated carbocycles. The summed E-state index contributed by atoms with van der Waals surface area (Å²) in [6.07, 6.45) is 2.11. The molecule has 1 fully saturated rings. The van der Waals surface area contributed by atoms with Crippen molar-refractivity contribution in [2.24, 2.45) is 0 Å². The number of amides is 1. The lowest BCUT2D eigenvalue weighted by Gasteiger charge is -2.20. The zero-order valence-corrected chi connectivity index (χ0v) is 15.1. The zero-order chi connectivity index (χ0) is 17.1. The summed E-state index contributed by atoms with van der Waals surface area (Å²) >= 11 is 6.20. The molecule has 1 atom stereocenters. The van der Waals surface area contributed by atoms with Gasteiger partial charge in [0.25, 0.3) is 0 Å². The highest BCUT2D eigenvalue weighted by Crippen LogP contribution is 2.37. The molecule has 2 heterocycles. The van der Waals surface area contributed by atoms with E-state index >= 15 is 0 Å². The van der Waals surface area contributed by atoms with Gasteiger partial charge in [0.15, 0.2) is 11.5 Å². The van der Waals surface area contributed by atoms with Crippen LogP contribution < -0.4 is 14.8 Å². The maximum absolute atomic E-state index is 12.2. The fourth-order valence-corrected chi connectivity index (χ4v) is 3.15. The highest BCUT2D eigenvalue weighted by Gasteiger charge is 2.31. The highest BCUT2D eigenvalue weighted by molar-refractivity contribution is 6.34. The van der Waals surface area contributed by atoms with Gasteiger partial charge in [-0.25, -0.2) is 0 Å². The number of carboxylic acid groups (broad SMARTS) is 1. The van der Waals surface area contributed by atoms with Crippen LogP contribution in [0.2, 0.25) is 5.02 Å². The first kappa shape index (κ1) is 19.6. The third-order valence-electron chi connectivity index (χ3n) is 4.11. The fourth-order valence-electron chi connectivity index (χ4n) is 2.95. The number of rotatable bonds is 4. The van der Waals surface area contributed by atoms with Gasteiger partial charge in [-0.05, 0) is 19.4 Å². The Labute approximate surface area is 156 Å². The summed E-state index contributed by atoms with van der Waals surface area (Å²) in [7, 11) is 0. The van der Waals surface area contributed by atoms with Gasteiger partial charge in [-0.1, -0.05) is 11.6 Å². The number of likely N-dealkylation sites (tertiary alicyclic amines) is 1. The molecular formula is C16H20Cl2N2O5. The summed E-state index contributed by atoms with van der Waals surface area (Å²) in [6.45, 7) is 1.71. The smallest absolute Gasteiger partial charge is 0.320 e. The molecule has 2 aliphatic heterocycles. The van der Waals surface area contributed by atoms with Crippen LogP contribution >= 0.6 is 24.0 Å². The van der Waals surface area contributed by atoms with Crippen molar-refractivity contribution in [1.82, 2.24) is 4.90 Å². The predicted octanol–water partition coefficient (Wildman–Crippen LogP) is 2.41. The van der Waals surface area contributed by atoms with Crippen LogP contribution in [-0.4, -0.2) is 54.2 Å². The molecule has 0 aromatic heterocycles. The number of carboxylic acids is 1. The quantitative estimate of drug-likeness (QED) is 0.820. The van der Waals surface area contributed by atoms with Gasteiger partial charge < -0.3 is 19.9 Å². The van der Waals surface area contributed by atoms with Crippen molar-refractivity contribution in [1.29, 1.82) is 0 Å². The summed E-state index contributed by atoms with van der Waals surface area (Å²) in [5.41, 5.74) is 0.428. The van der Waals surface area contributed by atoms with Crippen molar-refractivity contribution in [3.05, 3.63) is 17.2 Å². The minimum Gasteiger partial charge on any atom is -0.490 e. The predicted molar refractivity (Wildman–Crippen MR) is 95.2 cm³/mol. The van der Waals surface area contributed by atoms with E-state index in [0.29, 0.717) is 48.4 Å². The summed E-state index contributed by atoms with van der Waals surface area (Å²) in [5, 5.41) is 12.2. The van der Waals surface area contributed by atoms with Crippen molar-refractivity contribution in [3.63, 3.8) is 0 Å². The molecule has 1 aromatic carbocycles. The molecule has 138 valence electrons. The largest absolute Gasteiger partial charge is 0.490 e. The second-order valence-corrected chi connectivity index (χ2v) is 6.25. The first-order chi connectivity index (χ1) is 11.5. The van der Waals surface area contributed by atoms with Crippen LogP contribution in [-0.2, 0) is 9.59 Å². The lowest BCUT2D eigenvalue weighted by atomic mass is 10.2. The van der Waals surface area contributed by atoms with E-state index in [1.54, 1.807) is 17.0 Å². The highest BCUT2D eigenvalue weighted by atomic mass is 35.5. The molecule has 2 N–H and O–H groups in total. The number of aliphatic carboxylic acids is 1. The number of nitrogens with one attached hydrogen (secondary N) is 1. The van der Waals surface area contributed by atoms with E-state index in [4.69, 9.17) is 26.2 Å². The van der Waals surface area contributed by atoms with Gasteiger partial charge in [0.2, 0.25) is 5.91 Å². The van der Waals surface area contributed by atoms with Gasteiger partial charge in [0, 0.05) is 18.6 Å². The van der Waals surface area contributed by atoms with Gasteiger partial charge >= 0.3 is 5.97 Å². The van der Waals surface area contributed by atoms with Gasteiger partial charge in [-0.15, -0.1) is 12.4 Å². The number of hydrogen-bond acceptors (Lipinski definition) is 5. The Morgan fingerprint density at radius 1 is 1.24 bits per heavy atom. The first-order valence-corrected chi connectivity index (χ1v) is 8.28. The number of carbonyl (C=O) groups excluding carboxylic acids is 1. The molecule has 25 heavy (non-hydrogen) atoms. The van der Waals surface area contributed by atoms with Crippen molar-refractivity contribution in [2.75, 3.05) is 31.6 Å². The number of carbonyl (C=O) groups is 2. The average molecular weight is 391 g/mol. The van der Waals surface area contributed by atoms with Crippen LogP contribution in [0.1, 0.15) is 19.3 Å². The second-order valence-electron chi connectivity index (χ2n) is 5.84. The lowest BCUT2D eigenvalue weighted by molar-refractivity contribution is -0.142. The number of fused-ring (bicyclic) bond motifs is 1. The van der Waals surface area contributed by atoms with Gasteiger partial charge in [0.05, 0.1) is 30.5 Å². The molecule has 0 radical (unpaired) electrons. The second kappa shape index (κ2) is 8.60. The monoisotopic (exact) mass is 390 g/mol. The van der Waals surface area contributed by atoms with Crippen molar-refractivity contribution in [3.8, 4) is 11.5 Å². The van der Waals surface area contributed by atoms with Crippen LogP contribution in [0.3, 0.4) is 0 Å². The molecular weight excluding hydrogens is 371 g/mol. The Balaban J connectivity index is 0.00000225. The number of ether oxygens (including phenoxy) is 2. The van der Waals surface area contributed by atoms with E-state index in [1.807, 2.05) is 0 Å². The SMILES string of the molecule is Cl.O=C(CN1CCCC1C(=O)O)Nc1cc2c(cc1Cl)OCCCO2. The molecule has 1 aromatic rings. The van der Waals surface area contributed by atoms with Crippen molar-refractivity contribution in [2.45, 2.75) is 25.3 Å². The molecule has 7 nitrogen and oxygen atoms in total. The molecule has 0 spiro atoms. The van der Waals surface area contributed by atoms with Crippen molar-refractivity contribution >= 4 is 41.6 Å². The third-order valence-corrected chi connectivity index (χ3v) is 4.42. The Morgan fingerprint density at radius 3 is 2.60 bits per heavy atom. The van der Waals surface area contributed by atoms with E-state index in [2.05, 4.69) is 5.32 Å². The molecule has 1 saturated heterocycles. The maximum Gasteiger partial charge on any atom is 0.320 e. The fraction of sp³-hybridized carbons (Fsp3) is 0.500. The van der Waals surface area contributed by atoms with Gasteiger partial charge in [0.1, 0.15) is 6.04 Å². The van der Waals surface area contributed by atoms with Gasteiger partial charge in [-0.2, -0.15) is 0 Å². The Bertz CT molecular complexity index is 656. The molecule has 2 aliphatic rings.